The highest BCUT2D eigenvalue weighted by molar-refractivity contribution is 5.77. The second kappa shape index (κ2) is 3.18. The molecule has 2 aromatic rings. The Kier molecular flexibility index (Phi) is 1.88. The molecule has 1 N–H and O–H groups in total. The van der Waals surface area contributed by atoms with Crippen LogP contribution < -0.4 is 0 Å². The van der Waals surface area contributed by atoms with Crippen molar-refractivity contribution in [2.75, 3.05) is 0 Å². The molecule has 0 radical (unpaired) electrons. The highest BCUT2D eigenvalue weighted by atomic mass is 16.1. The van der Waals surface area contributed by atoms with E-state index in [-0.39, 0.29) is 0 Å². The SMILES string of the molecule is O=Cc1cncc(-c2cn[nH]c2)c1. The molecule has 4 heteroatoms. The van der Waals surface area contributed by atoms with E-state index in [1.54, 1.807) is 24.7 Å². The van der Waals surface area contributed by atoms with E-state index in [2.05, 4.69) is 15.2 Å². The van der Waals surface area contributed by atoms with Crippen molar-refractivity contribution in [2.45, 2.75) is 0 Å². The van der Waals surface area contributed by atoms with Crippen molar-refractivity contribution >= 4 is 6.29 Å². The highest BCUT2D eigenvalue weighted by Gasteiger charge is 1.99. The molecule has 2 aromatic heterocycles. The maximum atomic E-state index is 10.5. The van der Waals surface area contributed by atoms with Gasteiger partial charge in [0.1, 0.15) is 0 Å². The third-order valence-electron chi connectivity index (χ3n) is 1.73. The molecule has 0 aromatic carbocycles. The second-order valence-corrected chi connectivity index (χ2v) is 2.61. The van der Waals surface area contributed by atoms with Gasteiger partial charge in [0.2, 0.25) is 0 Å². The fourth-order valence-electron chi connectivity index (χ4n) is 1.09. The Morgan fingerprint density at radius 3 is 2.85 bits per heavy atom. The zero-order chi connectivity index (χ0) is 9.10. The average molecular weight is 173 g/mol. The predicted molar refractivity (Wildman–Crippen MR) is 47.2 cm³/mol. The number of aldehydes is 1. The maximum absolute atomic E-state index is 10.5. The van der Waals surface area contributed by atoms with Crippen LogP contribution in [0.15, 0.2) is 30.9 Å². The number of rotatable bonds is 2. The Hall–Kier alpha value is -1.97. The first-order valence-electron chi connectivity index (χ1n) is 3.79. The zero-order valence-corrected chi connectivity index (χ0v) is 6.77. The maximum Gasteiger partial charge on any atom is 0.151 e. The molecule has 13 heavy (non-hydrogen) atoms. The smallest absolute Gasteiger partial charge is 0.151 e. The summed E-state index contributed by atoms with van der Waals surface area (Å²) in [7, 11) is 0. The van der Waals surface area contributed by atoms with Crippen molar-refractivity contribution in [3.63, 3.8) is 0 Å². The van der Waals surface area contributed by atoms with Crippen molar-refractivity contribution in [1.29, 1.82) is 0 Å². The first-order chi connectivity index (χ1) is 6.40. The van der Waals surface area contributed by atoms with Crippen molar-refractivity contribution in [1.82, 2.24) is 15.2 Å². The number of hydrogen-bond donors (Lipinski definition) is 1. The molecule has 0 spiro atoms. The molecule has 0 aliphatic rings. The Balaban J connectivity index is 2.47. The summed E-state index contributed by atoms with van der Waals surface area (Å²) >= 11 is 0. The number of carbonyl (C=O) groups excluding carboxylic acids is 1. The molecule has 0 unspecified atom stereocenters. The molecule has 0 bridgehead atoms. The van der Waals surface area contributed by atoms with Crippen molar-refractivity contribution in [3.8, 4) is 11.1 Å². The quantitative estimate of drug-likeness (QED) is 0.696. The number of aromatic amines is 1. The molecule has 4 nitrogen and oxygen atoms in total. The van der Waals surface area contributed by atoms with Crippen LogP contribution in [0.4, 0.5) is 0 Å². The van der Waals surface area contributed by atoms with Crippen LogP contribution in [0.1, 0.15) is 10.4 Å². The van der Waals surface area contributed by atoms with Crippen LogP contribution in [0.25, 0.3) is 11.1 Å². The van der Waals surface area contributed by atoms with Gasteiger partial charge in [-0.05, 0) is 6.07 Å². The molecule has 0 atom stereocenters. The highest BCUT2D eigenvalue weighted by Crippen LogP contribution is 2.16. The van der Waals surface area contributed by atoms with Gasteiger partial charge in [-0.2, -0.15) is 5.10 Å². The molecular weight excluding hydrogens is 166 g/mol. The van der Waals surface area contributed by atoms with Gasteiger partial charge in [-0.3, -0.25) is 14.9 Å². The lowest BCUT2D eigenvalue weighted by Crippen LogP contribution is -1.83. The third-order valence-corrected chi connectivity index (χ3v) is 1.73. The Morgan fingerprint density at radius 2 is 2.15 bits per heavy atom. The molecule has 0 aliphatic carbocycles. The molecule has 2 heterocycles. The van der Waals surface area contributed by atoms with Gasteiger partial charge in [-0.1, -0.05) is 0 Å². The van der Waals surface area contributed by atoms with E-state index in [0.29, 0.717) is 5.56 Å². The normalized spacial score (nSPS) is 9.85. The van der Waals surface area contributed by atoms with Crippen molar-refractivity contribution < 1.29 is 4.79 Å². The summed E-state index contributed by atoms with van der Waals surface area (Å²) in [6.07, 6.45) is 7.43. The minimum absolute atomic E-state index is 0.568. The van der Waals surface area contributed by atoms with Gasteiger partial charge in [-0.25, -0.2) is 0 Å². The molecular formula is C9H7N3O. The van der Waals surface area contributed by atoms with Gasteiger partial charge in [0, 0.05) is 35.3 Å². The lowest BCUT2D eigenvalue weighted by Gasteiger charge is -1.95. The monoisotopic (exact) mass is 173 g/mol. The van der Waals surface area contributed by atoms with E-state index < -0.39 is 0 Å². The van der Waals surface area contributed by atoms with Gasteiger partial charge in [0.05, 0.1) is 6.20 Å². The summed E-state index contributed by atoms with van der Waals surface area (Å²) in [5.74, 6) is 0. The summed E-state index contributed by atoms with van der Waals surface area (Å²) in [4.78, 5) is 14.4. The van der Waals surface area contributed by atoms with Crippen molar-refractivity contribution in [2.24, 2.45) is 0 Å². The van der Waals surface area contributed by atoms with Crippen LogP contribution >= 0.6 is 0 Å². The van der Waals surface area contributed by atoms with Gasteiger partial charge in [-0.15, -0.1) is 0 Å². The van der Waals surface area contributed by atoms with E-state index >= 15 is 0 Å². The topological polar surface area (TPSA) is 58.6 Å². The zero-order valence-electron chi connectivity index (χ0n) is 6.77. The number of carbonyl (C=O) groups is 1. The van der Waals surface area contributed by atoms with Crippen LogP contribution in [-0.2, 0) is 0 Å². The summed E-state index contributed by atoms with van der Waals surface area (Å²) in [5, 5.41) is 6.51. The fraction of sp³-hybridized carbons (Fsp3) is 0. The van der Waals surface area contributed by atoms with Gasteiger partial charge >= 0.3 is 0 Å². The van der Waals surface area contributed by atoms with E-state index in [0.717, 1.165) is 17.4 Å². The Labute approximate surface area is 74.6 Å². The summed E-state index contributed by atoms with van der Waals surface area (Å²) < 4.78 is 0. The summed E-state index contributed by atoms with van der Waals surface area (Å²) in [6.45, 7) is 0. The lowest BCUT2D eigenvalue weighted by atomic mass is 10.1. The first kappa shape index (κ1) is 7.67. The number of nitrogens with one attached hydrogen (secondary N) is 1. The van der Waals surface area contributed by atoms with Gasteiger partial charge in [0.25, 0.3) is 0 Å². The van der Waals surface area contributed by atoms with E-state index in [1.807, 2.05) is 0 Å². The number of nitrogens with zero attached hydrogens (tertiary/aromatic N) is 2. The van der Waals surface area contributed by atoms with Crippen LogP contribution in [0.3, 0.4) is 0 Å². The second-order valence-electron chi connectivity index (χ2n) is 2.61. The largest absolute Gasteiger partial charge is 0.298 e. The van der Waals surface area contributed by atoms with Crippen molar-refractivity contribution in [3.05, 3.63) is 36.4 Å². The molecule has 0 saturated heterocycles. The number of H-pyrrole nitrogens is 1. The van der Waals surface area contributed by atoms with E-state index in [4.69, 9.17) is 0 Å². The molecule has 2 rings (SSSR count). The molecule has 64 valence electrons. The number of aromatic nitrogens is 3. The molecule has 0 aliphatic heterocycles. The third kappa shape index (κ3) is 1.46. The predicted octanol–water partition coefficient (Wildman–Crippen LogP) is 1.28. The van der Waals surface area contributed by atoms with Crippen LogP contribution in [0, 0.1) is 0 Å². The number of pyridine rings is 1. The lowest BCUT2D eigenvalue weighted by molar-refractivity contribution is 0.112. The Morgan fingerprint density at radius 1 is 1.23 bits per heavy atom. The molecule has 0 amide bonds. The number of hydrogen-bond acceptors (Lipinski definition) is 3. The minimum Gasteiger partial charge on any atom is -0.298 e. The van der Waals surface area contributed by atoms with Crippen LogP contribution in [-0.4, -0.2) is 21.5 Å². The van der Waals surface area contributed by atoms with E-state index in [9.17, 15) is 4.79 Å². The van der Waals surface area contributed by atoms with E-state index in [1.165, 1.54) is 6.20 Å². The minimum atomic E-state index is 0.568. The van der Waals surface area contributed by atoms with Gasteiger partial charge in [0.15, 0.2) is 6.29 Å². The molecule has 0 fully saturated rings. The fourth-order valence-corrected chi connectivity index (χ4v) is 1.09. The average Bonchev–Trinajstić information content (AvgIpc) is 2.71. The van der Waals surface area contributed by atoms with Gasteiger partial charge < -0.3 is 0 Å². The standard InChI is InChI=1S/C9H7N3O/c13-6-7-1-8(3-10-2-7)9-4-11-12-5-9/h1-6H,(H,11,12). The van der Waals surface area contributed by atoms with Crippen LogP contribution in [0.5, 0.6) is 0 Å². The summed E-state index contributed by atoms with van der Waals surface area (Å²) in [6, 6.07) is 1.77. The first-order valence-corrected chi connectivity index (χ1v) is 3.79. The van der Waals surface area contributed by atoms with Crippen LogP contribution in [0.2, 0.25) is 0 Å². The molecule has 0 saturated carbocycles. The Bertz CT molecular complexity index is 409. The summed E-state index contributed by atoms with van der Waals surface area (Å²) in [5.41, 5.74) is 2.38.